The normalized spacial score (nSPS) is 11.9. The molecule has 6 nitrogen and oxygen atoms in total. The van der Waals surface area contributed by atoms with Crippen LogP contribution in [0.15, 0.2) is 82.6 Å². The summed E-state index contributed by atoms with van der Waals surface area (Å²) in [5, 5.41) is 12.3. The Balaban J connectivity index is 1.53. The van der Waals surface area contributed by atoms with Crippen molar-refractivity contribution in [2.24, 2.45) is 0 Å². The van der Waals surface area contributed by atoms with E-state index in [4.69, 9.17) is 4.42 Å². The highest BCUT2D eigenvalue weighted by Gasteiger charge is 2.19. The van der Waals surface area contributed by atoms with Gasteiger partial charge >= 0.3 is 0 Å². The molecule has 4 rings (SSSR count). The number of thioether (sulfide) groups is 1. The standard InChI is InChI=1S/C23H22N4O2S/c1-16-10-12-19(13-11-16)27-22(20-9-6-14-29-20)25-26-23(27)30-15-21(28)24-17(2)18-7-4-3-5-8-18/h3-14,17H,15H2,1-2H3,(H,24,28). The van der Waals surface area contributed by atoms with Crippen molar-refractivity contribution in [1.82, 2.24) is 20.1 Å². The third-order valence-corrected chi connectivity index (χ3v) is 5.61. The smallest absolute Gasteiger partial charge is 0.230 e. The van der Waals surface area contributed by atoms with Crippen LogP contribution in [0, 0.1) is 6.92 Å². The second-order valence-corrected chi connectivity index (χ2v) is 7.89. The summed E-state index contributed by atoms with van der Waals surface area (Å²) in [5.41, 5.74) is 3.14. The molecule has 0 fully saturated rings. The Labute approximate surface area is 179 Å². The molecule has 0 saturated heterocycles. The minimum Gasteiger partial charge on any atom is -0.461 e. The molecule has 7 heteroatoms. The minimum atomic E-state index is -0.0621. The summed E-state index contributed by atoms with van der Waals surface area (Å²) in [6.45, 7) is 4.01. The highest BCUT2D eigenvalue weighted by Crippen LogP contribution is 2.28. The van der Waals surface area contributed by atoms with Gasteiger partial charge in [-0.3, -0.25) is 9.36 Å². The molecule has 2 heterocycles. The largest absolute Gasteiger partial charge is 0.461 e. The number of carbonyl (C=O) groups is 1. The quantitative estimate of drug-likeness (QED) is 0.436. The van der Waals surface area contributed by atoms with Crippen molar-refractivity contribution in [3.63, 3.8) is 0 Å². The summed E-state index contributed by atoms with van der Waals surface area (Å²) in [7, 11) is 0. The lowest BCUT2D eigenvalue weighted by molar-refractivity contribution is -0.119. The molecule has 1 amide bonds. The number of carbonyl (C=O) groups excluding carboxylic acids is 1. The van der Waals surface area contributed by atoms with E-state index < -0.39 is 0 Å². The topological polar surface area (TPSA) is 73.0 Å². The second-order valence-electron chi connectivity index (χ2n) is 6.94. The molecule has 2 aromatic heterocycles. The number of aromatic nitrogens is 3. The van der Waals surface area contributed by atoms with Crippen LogP contribution in [0.3, 0.4) is 0 Å². The Bertz CT molecular complexity index is 1110. The fraction of sp³-hybridized carbons (Fsp3) is 0.174. The molecular weight excluding hydrogens is 396 g/mol. The van der Waals surface area contributed by atoms with E-state index in [2.05, 4.69) is 15.5 Å². The van der Waals surface area contributed by atoms with Gasteiger partial charge in [-0.25, -0.2) is 0 Å². The van der Waals surface area contributed by atoms with E-state index in [0.717, 1.165) is 16.8 Å². The molecule has 4 aromatic rings. The number of furan rings is 1. The Hall–Kier alpha value is -3.32. The van der Waals surface area contributed by atoms with Gasteiger partial charge in [-0.05, 0) is 43.7 Å². The van der Waals surface area contributed by atoms with Gasteiger partial charge < -0.3 is 9.73 Å². The van der Waals surface area contributed by atoms with Crippen molar-refractivity contribution < 1.29 is 9.21 Å². The highest BCUT2D eigenvalue weighted by atomic mass is 32.2. The first-order chi connectivity index (χ1) is 14.6. The van der Waals surface area contributed by atoms with Gasteiger partial charge in [0.15, 0.2) is 10.9 Å². The number of benzene rings is 2. The molecule has 1 N–H and O–H groups in total. The van der Waals surface area contributed by atoms with Crippen LogP contribution in [0.4, 0.5) is 0 Å². The number of nitrogens with one attached hydrogen (secondary N) is 1. The van der Waals surface area contributed by atoms with Crippen molar-refractivity contribution in [1.29, 1.82) is 0 Å². The fourth-order valence-corrected chi connectivity index (χ4v) is 3.86. The van der Waals surface area contributed by atoms with Gasteiger partial charge in [0.2, 0.25) is 11.7 Å². The summed E-state index contributed by atoms with van der Waals surface area (Å²) < 4.78 is 7.45. The van der Waals surface area contributed by atoms with E-state index in [1.54, 1.807) is 6.26 Å². The maximum atomic E-state index is 12.5. The molecule has 30 heavy (non-hydrogen) atoms. The molecule has 1 atom stereocenters. The minimum absolute atomic E-state index is 0.0608. The van der Waals surface area contributed by atoms with Crippen molar-refractivity contribution >= 4 is 17.7 Å². The van der Waals surface area contributed by atoms with Crippen LogP contribution in [-0.2, 0) is 4.79 Å². The number of nitrogens with zero attached hydrogens (tertiary/aromatic N) is 3. The van der Waals surface area contributed by atoms with Gasteiger partial charge in [0.25, 0.3) is 0 Å². The maximum absolute atomic E-state index is 12.5. The number of hydrogen-bond donors (Lipinski definition) is 1. The van der Waals surface area contributed by atoms with E-state index >= 15 is 0 Å². The lowest BCUT2D eigenvalue weighted by atomic mass is 10.1. The Morgan fingerprint density at radius 1 is 1.07 bits per heavy atom. The molecule has 152 valence electrons. The van der Waals surface area contributed by atoms with Crippen molar-refractivity contribution in [3.05, 3.63) is 84.1 Å². The molecule has 2 aromatic carbocycles. The molecule has 0 radical (unpaired) electrons. The van der Waals surface area contributed by atoms with Gasteiger partial charge in [-0.15, -0.1) is 10.2 Å². The number of aryl methyl sites for hydroxylation is 1. The van der Waals surface area contributed by atoms with Crippen molar-refractivity contribution in [2.75, 3.05) is 5.75 Å². The zero-order valence-corrected chi connectivity index (χ0v) is 17.6. The van der Waals surface area contributed by atoms with E-state index in [1.807, 2.05) is 85.1 Å². The zero-order chi connectivity index (χ0) is 20.9. The van der Waals surface area contributed by atoms with Crippen LogP contribution in [-0.4, -0.2) is 26.4 Å². The van der Waals surface area contributed by atoms with Gasteiger partial charge in [0, 0.05) is 5.69 Å². The Morgan fingerprint density at radius 3 is 2.53 bits per heavy atom. The molecule has 0 aliphatic heterocycles. The first-order valence-electron chi connectivity index (χ1n) is 9.65. The number of hydrogen-bond acceptors (Lipinski definition) is 5. The van der Waals surface area contributed by atoms with Gasteiger partial charge in [0.05, 0.1) is 18.1 Å². The summed E-state index contributed by atoms with van der Waals surface area (Å²) in [6, 6.07) is 21.6. The summed E-state index contributed by atoms with van der Waals surface area (Å²) in [4.78, 5) is 12.5. The Morgan fingerprint density at radius 2 is 1.83 bits per heavy atom. The predicted molar refractivity (Wildman–Crippen MR) is 118 cm³/mol. The first-order valence-corrected chi connectivity index (χ1v) is 10.6. The SMILES string of the molecule is Cc1ccc(-n2c(SCC(=O)NC(C)c3ccccc3)nnc2-c2ccco2)cc1. The fourth-order valence-electron chi connectivity index (χ4n) is 3.09. The maximum Gasteiger partial charge on any atom is 0.230 e. The summed E-state index contributed by atoms with van der Waals surface area (Å²) in [6.07, 6.45) is 1.61. The third-order valence-electron chi connectivity index (χ3n) is 4.68. The summed E-state index contributed by atoms with van der Waals surface area (Å²) in [5.74, 6) is 1.40. The average Bonchev–Trinajstić information content (AvgIpc) is 3.43. The summed E-state index contributed by atoms with van der Waals surface area (Å²) >= 11 is 1.35. The van der Waals surface area contributed by atoms with Gasteiger partial charge in [-0.2, -0.15) is 0 Å². The predicted octanol–water partition coefficient (Wildman–Crippen LogP) is 4.81. The molecular formula is C23H22N4O2S. The van der Waals surface area contributed by atoms with E-state index in [9.17, 15) is 4.79 Å². The second kappa shape index (κ2) is 9.00. The van der Waals surface area contributed by atoms with Gasteiger partial charge in [0.1, 0.15) is 0 Å². The molecule has 0 aliphatic rings. The first kappa shape index (κ1) is 20.0. The van der Waals surface area contributed by atoms with Crippen LogP contribution in [0.1, 0.15) is 24.1 Å². The zero-order valence-electron chi connectivity index (χ0n) is 16.8. The van der Waals surface area contributed by atoms with E-state index in [-0.39, 0.29) is 17.7 Å². The third kappa shape index (κ3) is 4.46. The van der Waals surface area contributed by atoms with Crippen LogP contribution in [0.25, 0.3) is 17.3 Å². The molecule has 0 aliphatic carbocycles. The molecule has 0 spiro atoms. The number of rotatable bonds is 7. The monoisotopic (exact) mass is 418 g/mol. The Kier molecular flexibility index (Phi) is 5.99. The average molecular weight is 419 g/mol. The molecule has 0 bridgehead atoms. The van der Waals surface area contributed by atoms with E-state index in [0.29, 0.717) is 16.7 Å². The van der Waals surface area contributed by atoms with Crippen LogP contribution < -0.4 is 5.32 Å². The highest BCUT2D eigenvalue weighted by molar-refractivity contribution is 7.99. The van der Waals surface area contributed by atoms with Crippen LogP contribution in [0.2, 0.25) is 0 Å². The molecule has 1 unspecified atom stereocenters. The molecule has 0 saturated carbocycles. The van der Waals surface area contributed by atoms with Crippen LogP contribution in [0.5, 0.6) is 0 Å². The van der Waals surface area contributed by atoms with E-state index in [1.165, 1.54) is 11.8 Å². The number of amides is 1. The van der Waals surface area contributed by atoms with Gasteiger partial charge in [-0.1, -0.05) is 59.8 Å². The van der Waals surface area contributed by atoms with Crippen molar-refractivity contribution in [2.45, 2.75) is 25.0 Å². The lowest BCUT2D eigenvalue weighted by Gasteiger charge is -2.14. The van der Waals surface area contributed by atoms with Crippen LogP contribution >= 0.6 is 11.8 Å². The van der Waals surface area contributed by atoms with Crippen molar-refractivity contribution in [3.8, 4) is 17.3 Å². The lowest BCUT2D eigenvalue weighted by Crippen LogP contribution is -2.28.